The standard InChI is InChI=1S/C22H27NO3/c1-14-6-7-16(12-15(14)2)13-19(21(25)26)23-20(24)17-8-10-18(11-9-17)22(3,4)5/h6-12,19H,13H2,1-5H3,(H,23,24)(H,25,26)/t19-/m0/s1. The third-order valence-electron chi connectivity index (χ3n) is 4.63. The number of nitrogens with one attached hydrogen (secondary N) is 1. The molecule has 1 atom stereocenters. The van der Waals surface area contributed by atoms with E-state index in [-0.39, 0.29) is 17.7 Å². The van der Waals surface area contributed by atoms with Crippen molar-refractivity contribution in [3.8, 4) is 0 Å². The maximum Gasteiger partial charge on any atom is 0.326 e. The van der Waals surface area contributed by atoms with Crippen LogP contribution in [0.5, 0.6) is 0 Å². The highest BCUT2D eigenvalue weighted by atomic mass is 16.4. The fourth-order valence-corrected chi connectivity index (χ4v) is 2.73. The SMILES string of the molecule is Cc1ccc(C[C@H](NC(=O)c2ccc(C(C)(C)C)cc2)C(=O)O)cc1C. The predicted molar refractivity (Wildman–Crippen MR) is 104 cm³/mol. The zero-order chi connectivity index (χ0) is 19.5. The van der Waals surface area contributed by atoms with Crippen LogP contribution in [0.2, 0.25) is 0 Å². The number of hydrogen-bond donors (Lipinski definition) is 2. The van der Waals surface area contributed by atoms with Gasteiger partial charge < -0.3 is 10.4 Å². The minimum atomic E-state index is -1.04. The van der Waals surface area contributed by atoms with Gasteiger partial charge in [0.05, 0.1) is 0 Å². The Hall–Kier alpha value is -2.62. The summed E-state index contributed by atoms with van der Waals surface area (Å²) in [6, 6.07) is 12.2. The molecule has 0 aliphatic heterocycles. The molecule has 0 saturated carbocycles. The molecule has 0 heterocycles. The molecule has 138 valence electrons. The van der Waals surface area contributed by atoms with Crippen molar-refractivity contribution in [1.82, 2.24) is 5.32 Å². The third-order valence-corrected chi connectivity index (χ3v) is 4.63. The van der Waals surface area contributed by atoms with Crippen molar-refractivity contribution in [2.75, 3.05) is 0 Å². The molecule has 2 rings (SSSR count). The van der Waals surface area contributed by atoms with Gasteiger partial charge >= 0.3 is 5.97 Å². The zero-order valence-electron chi connectivity index (χ0n) is 16.1. The molecule has 4 nitrogen and oxygen atoms in total. The van der Waals surface area contributed by atoms with Gasteiger partial charge in [-0.3, -0.25) is 4.79 Å². The molecule has 2 N–H and O–H groups in total. The highest BCUT2D eigenvalue weighted by Crippen LogP contribution is 2.22. The number of aryl methyl sites for hydroxylation is 2. The van der Waals surface area contributed by atoms with Crippen LogP contribution in [0.3, 0.4) is 0 Å². The van der Waals surface area contributed by atoms with Gasteiger partial charge in [-0.05, 0) is 53.6 Å². The maximum atomic E-state index is 12.5. The molecule has 0 aliphatic carbocycles. The lowest BCUT2D eigenvalue weighted by molar-refractivity contribution is -0.139. The van der Waals surface area contributed by atoms with E-state index < -0.39 is 12.0 Å². The van der Waals surface area contributed by atoms with Gasteiger partial charge in [-0.25, -0.2) is 4.79 Å². The Morgan fingerprint density at radius 3 is 2.12 bits per heavy atom. The second-order valence-corrected chi connectivity index (χ2v) is 7.81. The highest BCUT2D eigenvalue weighted by Gasteiger charge is 2.22. The largest absolute Gasteiger partial charge is 0.480 e. The number of amides is 1. The normalized spacial score (nSPS) is 12.5. The van der Waals surface area contributed by atoms with Crippen LogP contribution in [0, 0.1) is 13.8 Å². The molecule has 0 saturated heterocycles. The zero-order valence-corrected chi connectivity index (χ0v) is 16.1. The first kappa shape index (κ1) is 19.7. The minimum Gasteiger partial charge on any atom is -0.480 e. The Morgan fingerprint density at radius 2 is 1.62 bits per heavy atom. The number of carbonyl (C=O) groups is 2. The van der Waals surface area contributed by atoms with Gasteiger partial charge in [0.15, 0.2) is 0 Å². The molecule has 26 heavy (non-hydrogen) atoms. The number of rotatable bonds is 5. The van der Waals surface area contributed by atoms with E-state index >= 15 is 0 Å². The first-order valence-corrected chi connectivity index (χ1v) is 8.78. The smallest absolute Gasteiger partial charge is 0.326 e. The molecule has 1 amide bonds. The van der Waals surface area contributed by atoms with E-state index in [1.54, 1.807) is 12.1 Å². The van der Waals surface area contributed by atoms with Crippen molar-refractivity contribution in [2.24, 2.45) is 0 Å². The van der Waals surface area contributed by atoms with E-state index in [0.29, 0.717) is 5.56 Å². The Labute approximate surface area is 155 Å². The van der Waals surface area contributed by atoms with Gasteiger partial charge in [-0.1, -0.05) is 51.1 Å². The molecular weight excluding hydrogens is 326 g/mol. The Bertz CT molecular complexity index is 801. The molecule has 0 radical (unpaired) electrons. The van der Waals surface area contributed by atoms with E-state index in [1.807, 2.05) is 44.2 Å². The number of hydrogen-bond acceptors (Lipinski definition) is 2. The van der Waals surface area contributed by atoms with Gasteiger partial charge in [0.25, 0.3) is 5.91 Å². The average Bonchev–Trinajstić information content (AvgIpc) is 2.56. The van der Waals surface area contributed by atoms with Gasteiger partial charge in [-0.2, -0.15) is 0 Å². The molecule has 2 aromatic carbocycles. The van der Waals surface area contributed by atoms with Crippen LogP contribution < -0.4 is 5.32 Å². The van der Waals surface area contributed by atoms with Gasteiger partial charge in [0.2, 0.25) is 0 Å². The molecule has 0 fully saturated rings. The van der Waals surface area contributed by atoms with Crippen molar-refractivity contribution in [1.29, 1.82) is 0 Å². The molecule has 4 heteroatoms. The summed E-state index contributed by atoms with van der Waals surface area (Å²) < 4.78 is 0. The average molecular weight is 353 g/mol. The van der Waals surface area contributed by atoms with Crippen molar-refractivity contribution in [2.45, 2.75) is 52.5 Å². The van der Waals surface area contributed by atoms with Gasteiger partial charge in [0, 0.05) is 12.0 Å². The first-order chi connectivity index (χ1) is 12.1. The summed E-state index contributed by atoms with van der Waals surface area (Å²) in [6.07, 6.45) is 0.252. The van der Waals surface area contributed by atoms with Gasteiger partial charge in [-0.15, -0.1) is 0 Å². The highest BCUT2D eigenvalue weighted by molar-refractivity contribution is 5.96. The van der Waals surface area contributed by atoms with Crippen LogP contribution in [0.1, 0.15) is 53.4 Å². The quantitative estimate of drug-likeness (QED) is 0.853. The summed E-state index contributed by atoms with van der Waals surface area (Å²) >= 11 is 0. The fourth-order valence-electron chi connectivity index (χ4n) is 2.73. The van der Waals surface area contributed by atoms with Gasteiger partial charge in [0.1, 0.15) is 6.04 Å². The maximum absolute atomic E-state index is 12.5. The molecule has 0 aliphatic rings. The monoisotopic (exact) mass is 353 g/mol. The summed E-state index contributed by atoms with van der Waals surface area (Å²) in [4.78, 5) is 24.1. The van der Waals surface area contributed by atoms with E-state index in [9.17, 15) is 14.7 Å². The van der Waals surface area contributed by atoms with Crippen LogP contribution in [0.4, 0.5) is 0 Å². The van der Waals surface area contributed by atoms with Crippen LogP contribution in [0.15, 0.2) is 42.5 Å². The lowest BCUT2D eigenvalue weighted by Crippen LogP contribution is -2.42. The Morgan fingerprint density at radius 1 is 1.00 bits per heavy atom. The Kier molecular flexibility index (Phi) is 5.86. The molecule has 2 aromatic rings. The summed E-state index contributed by atoms with van der Waals surface area (Å²) in [5.41, 5.74) is 4.74. The summed E-state index contributed by atoms with van der Waals surface area (Å²) in [5, 5.41) is 12.1. The lowest BCUT2D eigenvalue weighted by Gasteiger charge is -2.19. The van der Waals surface area contributed by atoms with E-state index in [1.165, 1.54) is 0 Å². The number of carboxylic acids is 1. The van der Waals surface area contributed by atoms with E-state index in [0.717, 1.165) is 22.3 Å². The predicted octanol–water partition coefficient (Wildman–Crippen LogP) is 4.03. The first-order valence-electron chi connectivity index (χ1n) is 8.78. The van der Waals surface area contributed by atoms with E-state index in [4.69, 9.17) is 0 Å². The third kappa shape index (κ3) is 4.94. The lowest BCUT2D eigenvalue weighted by atomic mass is 9.86. The summed E-state index contributed by atoms with van der Waals surface area (Å²) in [7, 11) is 0. The number of carboxylic acid groups (broad SMARTS) is 1. The van der Waals surface area contributed by atoms with Crippen LogP contribution >= 0.6 is 0 Å². The van der Waals surface area contributed by atoms with Crippen LogP contribution in [-0.2, 0) is 16.6 Å². The minimum absolute atomic E-state index is 0.00189. The number of benzene rings is 2. The summed E-state index contributed by atoms with van der Waals surface area (Å²) in [5.74, 6) is -1.41. The molecule has 0 aromatic heterocycles. The topological polar surface area (TPSA) is 66.4 Å². The van der Waals surface area contributed by atoms with E-state index in [2.05, 4.69) is 26.1 Å². The number of carbonyl (C=O) groups excluding carboxylic acids is 1. The Balaban J connectivity index is 2.12. The fraction of sp³-hybridized carbons (Fsp3) is 0.364. The van der Waals surface area contributed by atoms with Crippen LogP contribution in [-0.4, -0.2) is 23.0 Å². The van der Waals surface area contributed by atoms with Crippen molar-refractivity contribution >= 4 is 11.9 Å². The second kappa shape index (κ2) is 7.73. The number of aliphatic carboxylic acids is 1. The van der Waals surface area contributed by atoms with Crippen molar-refractivity contribution < 1.29 is 14.7 Å². The molecule has 0 bridgehead atoms. The molecule has 0 unspecified atom stereocenters. The summed E-state index contributed by atoms with van der Waals surface area (Å²) in [6.45, 7) is 10.3. The van der Waals surface area contributed by atoms with Crippen LogP contribution in [0.25, 0.3) is 0 Å². The molecule has 0 spiro atoms. The van der Waals surface area contributed by atoms with Crippen molar-refractivity contribution in [3.05, 3.63) is 70.3 Å². The van der Waals surface area contributed by atoms with Crippen molar-refractivity contribution in [3.63, 3.8) is 0 Å². The molecular formula is C22H27NO3. The second-order valence-electron chi connectivity index (χ2n) is 7.81.